The Morgan fingerprint density at radius 1 is 1.00 bits per heavy atom. The summed E-state index contributed by atoms with van der Waals surface area (Å²) in [5.74, 6) is 0.936. The molecule has 0 saturated heterocycles. The molecule has 1 nitrogen and oxygen atoms in total. The second-order valence-corrected chi connectivity index (χ2v) is 5.66. The molecular weight excluding hydrogens is 172 g/mol. The molecule has 2 aliphatic rings. The van der Waals surface area contributed by atoms with Crippen molar-refractivity contribution in [2.75, 3.05) is 0 Å². The van der Waals surface area contributed by atoms with E-state index >= 15 is 0 Å². The Labute approximate surface area is 88.2 Å². The molecule has 0 N–H and O–H groups in total. The topological polar surface area (TPSA) is 9.23 Å². The van der Waals surface area contributed by atoms with Crippen molar-refractivity contribution in [1.82, 2.24) is 0 Å². The quantitative estimate of drug-likeness (QED) is 0.650. The van der Waals surface area contributed by atoms with E-state index in [9.17, 15) is 0 Å². The maximum Gasteiger partial charge on any atom is 0.0658 e. The van der Waals surface area contributed by atoms with Gasteiger partial charge in [-0.05, 0) is 51.4 Å². The predicted octanol–water partition coefficient (Wildman–Crippen LogP) is 3.91. The zero-order chi connectivity index (χ0) is 10.0. The van der Waals surface area contributed by atoms with E-state index < -0.39 is 0 Å². The van der Waals surface area contributed by atoms with E-state index in [0.717, 1.165) is 5.92 Å². The average molecular weight is 196 g/mol. The predicted molar refractivity (Wildman–Crippen MR) is 59.4 cm³/mol. The third-order valence-electron chi connectivity index (χ3n) is 4.08. The second kappa shape index (κ2) is 4.22. The van der Waals surface area contributed by atoms with E-state index in [-0.39, 0.29) is 5.60 Å². The summed E-state index contributed by atoms with van der Waals surface area (Å²) in [6, 6.07) is 0. The van der Waals surface area contributed by atoms with Crippen LogP contribution in [0.4, 0.5) is 0 Å². The lowest BCUT2D eigenvalue weighted by atomic mass is 9.88. The van der Waals surface area contributed by atoms with Gasteiger partial charge >= 0.3 is 0 Å². The molecule has 0 bridgehead atoms. The molecule has 2 rings (SSSR count). The van der Waals surface area contributed by atoms with Gasteiger partial charge in [0.25, 0.3) is 0 Å². The van der Waals surface area contributed by atoms with Gasteiger partial charge in [-0.25, -0.2) is 0 Å². The Bertz CT molecular complexity index is 174. The number of ether oxygens (including phenoxy) is 1. The Hall–Kier alpha value is -0.0400. The van der Waals surface area contributed by atoms with Crippen molar-refractivity contribution >= 4 is 0 Å². The van der Waals surface area contributed by atoms with Gasteiger partial charge in [0.1, 0.15) is 0 Å². The molecule has 0 aromatic heterocycles. The van der Waals surface area contributed by atoms with E-state index in [0.29, 0.717) is 6.10 Å². The van der Waals surface area contributed by atoms with Gasteiger partial charge in [0.15, 0.2) is 0 Å². The lowest BCUT2D eigenvalue weighted by Crippen LogP contribution is -2.33. The van der Waals surface area contributed by atoms with E-state index in [2.05, 4.69) is 13.8 Å². The first-order valence-corrected chi connectivity index (χ1v) is 6.36. The van der Waals surface area contributed by atoms with Gasteiger partial charge in [-0.15, -0.1) is 0 Å². The fraction of sp³-hybridized carbons (Fsp3) is 1.00. The van der Waals surface area contributed by atoms with Gasteiger partial charge in [0.05, 0.1) is 11.7 Å². The van der Waals surface area contributed by atoms with Gasteiger partial charge in [-0.2, -0.15) is 0 Å². The molecule has 2 aliphatic carbocycles. The lowest BCUT2D eigenvalue weighted by Gasteiger charge is -2.34. The molecule has 0 aliphatic heterocycles. The van der Waals surface area contributed by atoms with Gasteiger partial charge in [-0.3, -0.25) is 0 Å². The zero-order valence-corrected chi connectivity index (χ0v) is 9.72. The van der Waals surface area contributed by atoms with Crippen LogP contribution in [0.2, 0.25) is 0 Å². The largest absolute Gasteiger partial charge is 0.372 e. The van der Waals surface area contributed by atoms with E-state index in [1.807, 2.05) is 0 Å². The van der Waals surface area contributed by atoms with Gasteiger partial charge in [0.2, 0.25) is 0 Å². The minimum atomic E-state index is 0.241. The van der Waals surface area contributed by atoms with Gasteiger partial charge in [0, 0.05) is 0 Å². The molecule has 0 atom stereocenters. The van der Waals surface area contributed by atoms with Crippen molar-refractivity contribution in [1.29, 1.82) is 0 Å². The maximum absolute atomic E-state index is 6.29. The minimum Gasteiger partial charge on any atom is -0.372 e. The second-order valence-electron chi connectivity index (χ2n) is 5.66. The van der Waals surface area contributed by atoms with Crippen LogP contribution in [0.3, 0.4) is 0 Å². The first-order valence-electron chi connectivity index (χ1n) is 6.36. The number of hydrogen-bond donors (Lipinski definition) is 0. The number of rotatable bonds is 2. The standard InChI is InChI=1S/C13H24O/c1-11-5-7-12(8-6-11)14-13(2)9-3-4-10-13/h11-12H,3-10H2,1-2H3. The molecule has 1 heteroatoms. The summed E-state index contributed by atoms with van der Waals surface area (Å²) < 4.78 is 6.29. The number of hydrogen-bond acceptors (Lipinski definition) is 1. The van der Waals surface area contributed by atoms with E-state index in [4.69, 9.17) is 4.74 Å². The smallest absolute Gasteiger partial charge is 0.0658 e. The van der Waals surface area contributed by atoms with Gasteiger partial charge in [-0.1, -0.05) is 19.8 Å². The van der Waals surface area contributed by atoms with Crippen LogP contribution in [-0.2, 0) is 4.74 Å². The van der Waals surface area contributed by atoms with Crippen molar-refractivity contribution in [3.8, 4) is 0 Å². The van der Waals surface area contributed by atoms with Crippen LogP contribution < -0.4 is 0 Å². The summed E-state index contributed by atoms with van der Waals surface area (Å²) >= 11 is 0. The fourth-order valence-electron chi connectivity index (χ4n) is 2.99. The van der Waals surface area contributed by atoms with E-state index in [1.165, 1.54) is 51.4 Å². The molecule has 0 heterocycles. The fourth-order valence-corrected chi connectivity index (χ4v) is 2.99. The first kappa shape index (κ1) is 10.5. The van der Waals surface area contributed by atoms with Crippen molar-refractivity contribution in [2.24, 2.45) is 5.92 Å². The molecule has 82 valence electrons. The SMILES string of the molecule is CC1CCC(OC2(C)CCCC2)CC1. The Morgan fingerprint density at radius 3 is 2.14 bits per heavy atom. The minimum absolute atomic E-state index is 0.241. The highest BCUT2D eigenvalue weighted by Crippen LogP contribution is 2.37. The van der Waals surface area contributed by atoms with Crippen molar-refractivity contribution in [3.05, 3.63) is 0 Å². The van der Waals surface area contributed by atoms with Crippen LogP contribution >= 0.6 is 0 Å². The third kappa shape index (κ3) is 2.50. The Morgan fingerprint density at radius 2 is 1.57 bits per heavy atom. The molecule has 14 heavy (non-hydrogen) atoms. The van der Waals surface area contributed by atoms with Crippen LogP contribution in [0, 0.1) is 5.92 Å². The molecule has 0 unspecified atom stereocenters. The normalized spacial score (nSPS) is 37.3. The highest BCUT2D eigenvalue weighted by atomic mass is 16.5. The van der Waals surface area contributed by atoms with Crippen molar-refractivity contribution in [3.63, 3.8) is 0 Å². The molecule has 0 spiro atoms. The summed E-state index contributed by atoms with van der Waals surface area (Å²) in [5.41, 5.74) is 0.241. The van der Waals surface area contributed by atoms with Gasteiger partial charge < -0.3 is 4.74 Å². The molecule has 0 amide bonds. The average Bonchev–Trinajstić information content (AvgIpc) is 2.57. The van der Waals surface area contributed by atoms with Crippen molar-refractivity contribution < 1.29 is 4.74 Å². The highest BCUT2D eigenvalue weighted by Gasteiger charge is 2.33. The molecule has 2 saturated carbocycles. The molecule has 0 aromatic carbocycles. The summed E-state index contributed by atoms with van der Waals surface area (Å²) in [6.07, 6.45) is 11.3. The zero-order valence-electron chi connectivity index (χ0n) is 9.72. The monoisotopic (exact) mass is 196 g/mol. The Kier molecular flexibility index (Phi) is 3.16. The summed E-state index contributed by atoms with van der Waals surface area (Å²) in [5, 5.41) is 0. The lowest BCUT2D eigenvalue weighted by molar-refractivity contribution is -0.0943. The summed E-state index contributed by atoms with van der Waals surface area (Å²) in [4.78, 5) is 0. The van der Waals surface area contributed by atoms with Crippen LogP contribution in [-0.4, -0.2) is 11.7 Å². The van der Waals surface area contributed by atoms with Crippen LogP contribution in [0.15, 0.2) is 0 Å². The molecule has 0 radical (unpaired) electrons. The van der Waals surface area contributed by atoms with E-state index in [1.54, 1.807) is 0 Å². The maximum atomic E-state index is 6.29. The highest BCUT2D eigenvalue weighted by molar-refractivity contribution is 4.84. The molecule has 0 aromatic rings. The summed E-state index contributed by atoms with van der Waals surface area (Å²) in [6.45, 7) is 4.69. The van der Waals surface area contributed by atoms with Crippen LogP contribution in [0.25, 0.3) is 0 Å². The first-order chi connectivity index (χ1) is 6.68. The molecule has 2 fully saturated rings. The third-order valence-corrected chi connectivity index (χ3v) is 4.08. The van der Waals surface area contributed by atoms with Crippen LogP contribution in [0.1, 0.15) is 65.2 Å². The Balaban J connectivity index is 1.79. The van der Waals surface area contributed by atoms with Crippen LogP contribution in [0.5, 0.6) is 0 Å². The van der Waals surface area contributed by atoms with Crippen molar-refractivity contribution in [2.45, 2.75) is 76.9 Å². The summed E-state index contributed by atoms with van der Waals surface area (Å²) in [7, 11) is 0. The molecular formula is C13H24O.